The van der Waals surface area contributed by atoms with Crippen molar-refractivity contribution in [3.8, 4) is 33.4 Å². The second kappa shape index (κ2) is 10.9. The average molecular weight is 647 g/mol. The highest BCUT2D eigenvalue weighted by Crippen LogP contribution is 2.45. The van der Waals surface area contributed by atoms with Crippen molar-refractivity contribution in [2.24, 2.45) is 0 Å². The Morgan fingerprint density at radius 2 is 0.725 bits per heavy atom. The van der Waals surface area contributed by atoms with Crippen LogP contribution in [0.3, 0.4) is 0 Å². The first-order valence-electron chi connectivity index (χ1n) is 17.6. The van der Waals surface area contributed by atoms with Crippen LogP contribution in [0.25, 0.3) is 109 Å². The second-order valence-corrected chi connectivity index (χ2v) is 13.6. The molecule has 10 aromatic carbocycles. The van der Waals surface area contributed by atoms with Gasteiger partial charge in [-0.3, -0.25) is 0 Å². The Bertz CT molecular complexity index is 3120. The molecule has 0 fully saturated rings. The van der Waals surface area contributed by atoms with E-state index in [0.717, 1.165) is 21.9 Å². The summed E-state index contributed by atoms with van der Waals surface area (Å²) in [6, 6.07) is 66.4. The highest BCUT2D eigenvalue weighted by atomic mass is 16.3. The van der Waals surface area contributed by atoms with Gasteiger partial charge in [0.15, 0.2) is 0 Å². The van der Waals surface area contributed by atoms with Crippen LogP contribution in [-0.2, 0) is 0 Å². The lowest BCUT2D eigenvalue weighted by Crippen LogP contribution is -1.91. The maximum absolute atomic E-state index is 6.39. The summed E-state index contributed by atoms with van der Waals surface area (Å²) in [4.78, 5) is 0. The lowest BCUT2D eigenvalue weighted by molar-refractivity contribution is 0.669. The molecule has 0 saturated heterocycles. The predicted octanol–water partition coefficient (Wildman–Crippen LogP) is 14.4. The van der Waals surface area contributed by atoms with Crippen LogP contribution in [0, 0.1) is 0 Å². The molecule has 0 radical (unpaired) electrons. The van der Waals surface area contributed by atoms with Crippen LogP contribution in [-0.4, -0.2) is 0 Å². The van der Waals surface area contributed by atoms with Crippen molar-refractivity contribution in [1.29, 1.82) is 0 Å². The van der Waals surface area contributed by atoms with E-state index >= 15 is 0 Å². The Morgan fingerprint density at radius 3 is 1.39 bits per heavy atom. The Hall–Kier alpha value is -6.70. The summed E-state index contributed by atoms with van der Waals surface area (Å²) in [5, 5.41) is 14.8. The van der Waals surface area contributed by atoms with Crippen LogP contribution in [0.4, 0.5) is 0 Å². The fraction of sp³-hybridized carbons (Fsp3) is 0. The normalized spacial score (nSPS) is 11.9. The largest absolute Gasteiger partial charge is 0.456 e. The first-order valence-corrected chi connectivity index (χ1v) is 17.6. The van der Waals surface area contributed by atoms with E-state index in [-0.39, 0.29) is 0 Å². The van der Waals surface area contributed by atoms with Gasteiger partial charge in [0.25, 0.3) is 0 Å². The highest BCUT2D eigenvalue weighted by Gasteiger charge is 2.18. The minimum atomic E-state index is 0.911. The number of hydrogen-bond acceptors (Lipinski definition) is 1. The van der Waals surface area contributed by atoms with Crippen molar-refractivity contribution in [2.75, 3.05) is 0 Å². The van der Waals surface area contributed by atoms with Crippen LogP contribution in [0.15, 0.2) is 186 Å². The van der Waals surface area contributed by atoms with Crippen LogP contribution in [0.2, 0.25) is 0 Å². The Kier molecular flexibility index (Phi) is 6.02. The number of hydrogen-bond donors (Lipinski definition) is 0. The summed E-state index contributed by atoms with van der Waals surface area (Å²) < 4.78 is 6.39. The van der Waals surface area contributed by atoms with E-state index < -0.39 is 0 Å². The van der Waals surface area contributed by atoms with E-state index in [1.165, 1.54) is 87.2 Å². The van der Waals surface area contributed by atoms with Gasteiger partial charge in [-0.2, -0.15) is 0 Å². The van der Waals surface area contributed by atoms with E-state index in [0.29, 0.717) is 0 Å². The fourth-order valence-corrected chi connectivity index (χ4v) is 8.48. The standard InChI is InChI=1S/C50H30O/c1-2-12-34-30-48-46(27-33(34)11-1)45-29-36(25-26-47(45)51-48)50-42-19-9-7-17-40(42)49(41-18-8-10-20-43(41)50)32-23-21-31(22-24-32)44-28-35-13-3-4-14-37(35)38-15-5-6-16-39(38)44/h1-30H. The van der Waals surface area contributed by atoms with E-state index in [2.05, 4.69) is 182 Å². The van der Waals surface area contributed by atoms with Crippen molar-refractivity contribution < 1.29 is 4.42 Å². The summed E-state index contributed by atoms with van der Waals surface area (Å²) in [6.45, 7) is 0. The molecule has 0 saturated carbocycles. The van der Waals surface area contributed by atoms with Gasteiger partial charge < -0.3 is 4.42 Å². The molecule has 11 rings (SSSR count). The molecule has 0 amide bonds. The summed E-state index contributed by atoms with van der Waals surface area (Å²) >= 11 is 0. The fourth-order valence-electron chi connectivity index (χ4n) is 8.48. The maximum atomic E-state index is 6.39. The molecule has 0 spiro atoms. The van der Waals surface area contributed by atoms with E-state index in [9.17, 15) is 0 Å². The van der Waals surface area contributed by atoms with Crippen molar-refractivity contribution in [3.63, 3.8) is 0 Å². The number of furan rings is 1. The van der Waals surface area contributed by atoms with Crippen molar-refractivity contribution in [3.05, 3.63) is 182 Å². The minimum absolute atomic E-state index is 0.911. The monoisotopic (exact) mass is 646 g/mol. The first-order chi connectivity index (χ1) is 25.3. The van der Waals surface area contributed by atoms with Gasteiger partial charge in [-0.25, -0.2) is 0 Å². The first kappa shape index (κ1) is 28.2. The molecule has 236 valence electrons. The van der Waals surface area contributed by atoms with Gasteiger partial charge in [0.2, 0.25) is 0 Å². The SMILES string of the molecule is c1ccc2cc3c(cc2c1)oc1ccc(-c2c4ccccc4c(-c4ccc(-c5cc6ccccc6c6ccccc56)cc4)c4ccccc24)cc13. The molecule has 11 aromatic rings. The molecule has 0 aliphatic carbocycles. The quantitative estimate of drug-likeness (QED) is 0.138. The van der Waals surface area contributed by atoms with E-state index in [4.69, 9.17) is 4.42 Å². The summed E-state index contributed by atoms with van der Waals surface area (Å²) in [6.07, 6.45) is 0. The molecule has 0 aliphatic heterocycles. The van der Waals surface area contributed by atoms with Crippen molar-refractivity contribution in [1.82, 2.24) is 0 Å². The van der Waals surface area contributed by atoms with Gasteiger partial charge in [0, 0.05) is 10.8 Å². The molecule has 1 aromatic heterocycles. The molecule has 51 heavy (non-hydrogen) atoms. The highest BCUT2D eigenvalue weighted by molar-refractivity contribution is 6.22. The van der Waals surface area contributed by atoms with E-state index in [1.807, 2.05) is 0 Å². The average Bonchev–Trinajstić information content (AvgIpc) is 3.55. The molecule has 1 heterocycles. The zero-order valence-corrected chi connectivity index (χ0v) is 27.7. The predicted molar refractivity (Wildman–Crippen MR) is 218 cm³/mol. The van der Waals surface area contributed by atoms with Crippen LogP contribution < -0.4 is 0 Å². The van der Waals surface area contributed by atoms with Crippen LogP contribution in [0.1, 0.15) is 0 Å². The van der Waals surface area contributed by atoms with Gasteiger partial charge in [-0.1, -0.05) is 152 Å². The zero-order valence-electron chi connectivity index (χ0n) is 27.7. The molecule has 0 N–H and O–H groups in total. The third-order valence-corrected chi connectivity index (χ3v) is 10.8. The second-order valence-electron chi connectivity index (χ2n) is 13.6. The minimum Gasteiger partial charge on any atom is -0.456 e. The van der Waals surface area contributed by atoms with Gasteiger partial charge in [-0.05, 0) is 118 Å². The molecule has 0 unspecified atom stereocenters. The summed E-state index contributed by atoms with van der Waals surface area (Å²) in [5.41, 5.74) is 9.24. The smallest absolute Gasteiger partial charge is 0.136 e. The van der Waals surface area contributed by atoms with Crippen molar-refractivity contribution >= 4 is 75.8 Å². The topological polar surface area (TPSA) is 13.1 Å². The van der Waals surface area contributed by atoms with E-state index in [1.54, 1.807) is 0 Å². The molecular weight excluding hydrogens is 617 g/mol. The molecule has 0 aliphatic rings. The maximum Gasteiger partial charge on any atom is 0.136 e. The van der Waals surface area contributed by atoms with Gasteiger partial charge >= 0.3 is 0 Å². The van der Waals surface area contributed by atoms with Gasteiger partial charge in [-0.15, -0.1) is 0 Å². The third kappa shape index (κ3) is 4.28. The third-order valence-electron chi connectivity index (χ3n) is 10.8. The molecular formula is C50H30O. The molecule has 1 heteroatoms. The lowest BCUT2D eigenvalue weighted by atomic mass is 9.85. The number of benzene rings is 10. The lowest BCUT2D eigenvalue weighted by Gasteiger charge is -2.18. The number of fused-ring (bicyclic) bond motifs is 9. The molecule has 0 bridgehead atoms. The van der Waals surface area contributed by atoms with Crippen molar-refractivity contribution in [2.45, 2.75) is 0 Å². The molecule has 1 nitrogen and oxygen atoms in total. The Balaban J connectivity index is 1.11. The van der Waals surface area contributed by atoms with Crippen LogP contribution in [0.5, 0.6) is 0 Å². The van der Waals surface area contributed by atoms with Gasteiger partial charge in [0.1, 0.15) is 11.2 Å². The Labute approximate surface area is 294 Å². The number of rotatable bonds is 3. The van der Waals surface area contributed by atoms with Gasteiger partial charge in [0.05, 0.1) is 0 Å². The summed E-state index contributed by atoms with van der Waals surface area (Å²) in [7, 11) is 0. The molecule has 0 atom stereocenters. The summed E-state index contributed by atoms with van der Waals surface area (Å²) in [5.74, 6) is 0. The zero-order chi connectivity index (χ0) is 33.5. The Morgan fingerprint density at radius 1 is 0.255 bits per heavy atom. The van der Waals surface area contributed by atoms with Crippen LogP contribution >= 0.6 is 0 Å².